The fraction of sp³-hybridized carbons (Fsp3) is 0.692. The summed E-state index contributed by atoms with van der Waals surface area (Å²) in [6, 6.07) is 0.0167. The fourth-order valence-electron chi connectivity index (χ4n) is 1.77. The highest BCUT2D eigenvalue weighted by Gasteiger charge is 2.12. The molecule has 102 valence electrons. The van der Waals surface area contributed by atoms with Gasteiger partial charge >= 0.3 is 0 Å². The molecule has 4 nitrogen and oxygen atoms in total. The molecule has 0 saturated heterocycles. The summed E-state index contributed by atoms with van der Waals surface area (Å²) in [5.41, 5.74) is 0.395. The highest BCUT2D eigenvalue weighted by atomic mass is 35.5. The molecule has 1 aromatic rings. The van der Waals surface area contributed by atoms with E-state index >= 15 is 0 Å². The molecule has 1 aromatic heterocycles. The van der Waals surface area contributed by atoms with Gasteiger partial charge in [-0.3, -0.25) is 4.79 Å². The first-order chi connectivity index (χ1) is 8.51. The topological polar surface area (TPSA) is 46.9 Å². The van der Waals surface area contributed by atoms with Crippen LogP contribution in [0.2, 0.25) is 5.02 Å². The molecule has 0 amide bonds. The van der Waals surface area contributed by atoms with E-state index in [1.54, 1.807) is 6.20 Å². The van der Waals surface area contributed by atoms with Gasteiger partial charge in [-0.15, -0.1) is 0 Å². The van der Waals surface area contributed by atoms with Crippen LogP contribution in [0, 0.1) is 5.92 Å². The second-order valence-electron chi connectivity index (χ2n) is 4.78. The van der Waals surface area contributed by atoms with Crippen LogP contribution in [0.4, 0.5) is 5.69 Å². The summed E-state index contributed by atoms with van der Waals surface area (Å²) in [6.45, 7) is 8.95. The first kappa shape index (κ1) is 15.0. The van der Waals surface area contributed by atoms with Crippen LogP contribution in [0.15, 0.2) is 11.0 Å². The largest absolute Gasteiger partial charge is 0.382 e. The Bertz CT molecular complexity index is 438. The van der Waals surface area contributed by atoms with Gasteiger partial charge in [0.1, 0.15) is 5.02 Å². The third kappa shape index (κ3) is 3.48. The molecule has 1 rings (SSSR count). The predicted octanol–water partition coefficient (Wildman–Crippen LogP) is 3.33. The monoisotopic (exact) mass is 271 g/mol. The average molecular weight is 272 g/mol. The number of aromatic nitrogens is 2. The van der Waals surface area contributed by atoms with E-state index in [1.807, 2.05) is 13.8 Å². The van der Waals surface area contributed by atoms with E-state index in [-0.39, 0.29) is 16.6 Å². The maximum Gasteiger partial charge on any atom is 0.287 e. The molecule has 0 aliphatic heterocycles. The number of nitrogens with one attached hydrogen (secondary N) is 1. The Morgan fingerprint density at radius 3 is 2.50 bits per heavy atom. The molecule has 0 saturated carbocycles. The SMILES string of the molecule is CCC(CC)CNc1cnn(C(C)C)c(=O)c1Cl. The van der Waals surface area contributed by atoms with Crippen molar-refractivity contribution < 1.29 is 0 Å². The number of nitrogens with zero attached hydrogens (tertiary/aromatic N) is 2. The molecule has 0 fully saturated rings. The zero-order chi connectivity index (χ0) is 13.7. The Morgan fingerprint density at radius 1 is 1.39 bits per heavy atom. The van der Waals surface area contributed by atoms with E-state index in [0.29, 0.717) is 11.6 Å². The summed E-state index contributed by atoms with van der Waals surface area (Å²) in [4.78, 5) is 11.9. The molecule has 0 aliphatic carbocycles. The van der Waals surface area contributed by atoms with Crippen LogP contribution in [0.25, 0.3) is 0 Å². The van der Waals surface area contributed by atoms with E-state index in [4.69, 9.17) is 11.6 Å². The third-order valence-electron chi connectivity index (χ3n) is 3.17. The zero-order valence-electron chi connectivity index (χ0n) is 11.5. The Balaban J connectivity index is 2.86. The smallest absolute Gasteiger partial charge is 0.287 e. The molecule has 0 aliphatic rings. The highest BCUT2D eigenvalue weighted by Crippen LogP contribution is 2.18. The third-order valence-corrected chi connectivity index (χ3v) is 3.53. The number of halogens is 1. The summed E-state index contributed by atoms with van der Waals surface area (Å²) in [7, 11) is 0. The molecule has 18 heavy (non-hydrogen) atoms. The van der Waals surface area contributed by atoms with Crippen LogP contribution in [-0.2, 0) is 0 Å². The molecule has 5 heteroatoms. The second kappa shape index (κ2) is 6.78. The summed E-state index contributed by atoms with van der Waals surface area (Å²) in [5, 5.41) is 7.57. The zero-order valence-corrected chi connectivity index (χ0v) is 12.3. The van der Waals surface area contributed by atoms with Gasteiger partial charge in [0.15, 0.2) is 0 Å². The lowest BCUT2D eigenvalue weighted by atomic mass is 10.0. The Labute approximate surface area is 113 Å². The normalized spacial score (nSPS) is 11.3. The standard InChI is InChI=1S/C13H22ClN3O/c1-5-10(6-2)7-15-11-8-16-17(9(3)4)13(18)12(11)14/h8-10,15H,5-7H2,1-4H3. The van der Waals surface area contributed by atoms with Gasteiger partial charge in [-0.2, -0.15) is 5.10 Å². The summed E-state index contributed by atoms with van der Waals surface area (Å²) < 4.78 is 1.39. The first-order valence-corrected chi connectivity index (χ1v) is 6.90. The lowest BCUT2D eigenvalue weighted by Gasteiger charge is -2.16. The van der Waals surface area contributed by atoms with Gasteiger partial charge in [0.05, 0.1) is 17.9 Å². The lowest BCUT2D eigenvalue weighted by Crippen LogP contribution is -2.26. The van der Waals surface area contributed by atoms with Crippen LogP contribution >= 0.6 is 11.6 Å². The van der Waals surface area contributed by atoms with Crippen molar-refractivity contribution in [3.63, 3.8) is 0 Å². The minimum absolute atomic E-state index is 0.0167. The van der Waals surface area contributed by atoms with Crippen molar-refractivity contribution in [3.05, 3.63) is 21.6 Å². The molecule has 0 aromatic carbocycles. The van der Waals surface area contributed by atoms with Crippen molar-refractivity contribution in [3.8, 4) is 0 Å². The molecule has 1 N–H and O–H groups in total. The quantitative estimate of drug-likeness (QED) is 0.863. The molecule has 1 heterocycles. The second-order valence-corrected chi connectivity index (χ2v) is 5.16. The van der Waals surface area contributed by atoms with Crippen molar-refractivity contribution in [1.82, 2.24) is 9.78 Å². The van der Waals surface area contributed by atoms with Gasteiger partial charge < -0.3 is 5.32 Å². The van der Waals surface area contributed by atoms with E-state index in [2.05, 4.69) is 24.3 Å². The number of hydrogen-bond donors (Lipinski definition) is 1. The number of anilines is 1. The highest BCUT2D eigenvalue weighted by molar-refractivity contribution is 6.32. The molecular formula is C13H22ClN3O. The molecule has 0 radical (unpaired) electrons. The summed E-state index contributed by atoms with van der Waals surface area (Å²) in [5.74, 6) is 0.591. The Morgan fingerprint density at radius 2 is 2.00 bits per heavy atom. The molecule has 0 atom stereocenters. The van der Waals surface area contributed by atoms with Crippen LogP contribution < -0.4 is 10.9 Å². The summed E-state index contributed by atoms with van der Waals surface area (Å²) >= 11 is 6.08. The minimum Gasteiger partial charge on any atom is -0.382 e. The van der Waals surface area contributed by atoms with Crippen molar-refractivity contribution >= 4 is 17.3 Å². The van der Waals surface area contributed by atoms with Gasteiger partial charge in [-0.1, -0.05) is 38.3 Å². The maximum atomic E-state index is 11.9. The van der Waals surface area contributed by atoms with Crippen molar-refractivity contribution in [1.29, 1.82) is 0 Å². The van der Waals surface area contributed by atoms with Crippen LogP contribution in [0.5, 0.6) is 0 Å². The van der Waals surface area contributed by atoms with E-state index in [9.17, 15) is 4.79 Å². The van der Waals surface area contributed by atoms with Gasteiger partial charge in [0, 0.05) is 6.54 Å². The minimum atomic E-state index is -0.235. The number of rotatable bonds is 6. The predicted molar refractivity (Wildman–Crippen MR) is 76.5 cm³/mol. The van der Waals surface area contributed by atoms with Crippen molar-refractivity contribution in [2.75, 3.05) is 11.9 Å². The molecule has 0 unspecified atom stereocenters. The van der Waals surface area contributed by atoms with Crippen LogP contribution in [0.1, 0.15) is 46.6 Å². The fourth-order valence-corrected chi connectivity index (χ4v) is 1.97. The molecule has 0 bridgehead atoms. The van der Waals surface area contributed by atoms with E-state index < -0.39 is 0 Å². The lowest BCUT2D eigenvalue weighted by molar-refractivity contribution is 0.501. The van der Waals surface area contributed by atoms with Gasteiger partial charge in [0.25, 0.3) is 5.56 Å². The van der Waals surface area contributed by atoms with E-state index in [1.165, 1.54) is 4.68 Å². The van der Waals surface area contributed by atoms with Crippen LogP contribution in [-0.4, -0.2) is 16.3 Å². The Hall–Kier alpha value is -1.03. The van der Waals surface area contributed by atoms with Crippen molar-refractivity contribution in [2.24, 2.45) is 5.92 Å². The summed E-state index contributed by atoms with van der Waals surface area (Å²) in [6.07, 6.45) is 3.85. The van der Waals surface area contributed by atoms with E-state index in [0.717, 1.165) is 19.4 Å². The molecular weight excluding hydrogens is 250 g/mol. The number of hydrogen-bond acceptors (Lipinski definition) is 3. The average Bonchev–Trinajstić information content (AvgIpc) is 2.35. The maximum absolute atomic E-state index is 11.9. The van der Waals surface area contributed by atoms with Gasteiger partial charge in [0.2, 0.25) is 0 Å². The van der Waals surface area contributed by atoms with Crippen LogP contribution in [0.3, 0.4) is 0 Å². The first-order valence-electron chi connectivity index (χ1n) is 6.52. The Kier molecular flexibility index (Phi) is 5.66. The molecule has 0 spiro atoms. The van der Waals surface area contributed by atoms with Gasteiger partial charge in [-0.05, 0) is 19.8 Å². The van der Waals surface area contributed by atoms with Gasteiger partial charge in [-0.25, -0.2) is 4.68 Å². The van der Waals surface area contributed by atoms with Crippen molar-refractivity contribution in [2.45, 2.75) is 46.6 Å².